The van der Waals surface area contributed by atoms with E-state index in [2.05, 4.69) is 49.1 Å². The number of likely N-dealkylation sites (tertiary alicyclic amines) is 1. The van der Waals surface area contributed by atoms with E-state index in [9.17, 15) is 4.79 Å². The molecule has 146 valence electrons. The van der Waals surface area contributed by atoms with Crippen LogP contribution in [0.4, 0.5) is 0 Å². The van der Waals surface area contributed by atoms with E-state index in [1.165, 1.54) is 12.8 Å². The van der Waals surface area contributed by atoms with Gasteiger partial charge in [-0.05, 0) is 43.4 Å². The van der Waals surface area contributed by atoms with Gasteiger partial charge in [0, 0.05) is 17.3 Å². The second-order valence-corrected chi connectivity index (χ2v) is 9.60. The van der Waals surface area contributed by atoms with Crippen molar-refractivity contribution in [2.75, 3.05) is 27.2 Å². The van der Waals surface area contributed by atoms with E-state index in [-0.39, 0.29) is 36.0 Å². The lowest BCUT2D eigenvalue weighted by atomic mass is 9.71. The number of carbonyl (C=O) groups excluding carboxylic acids is 1. The van der Waals surface area contributed by atoms with E-state index in [1.807, 2.05) is 12.1 Å². The van der Waals surface area contributed by atoms with Gasteiger partial charge in [-0.1, -0.05) is 40.9 Å². The molecule has 0 spiro atoms. The molecule has 0 radical (unpaired) electrons. The maximum absolute atomic E-state index is 13.4. The van der Waals surface area contributed by atoms with Crippen LogP contribution in [0.1, 0.15) is 51.0 Å². The Balaban J connectivity index is 0.00000243. The second-order valence-electron chi connectivity index (χ2n) is 8.68. The number of esters is 1. The highest BCUT2D eigenvalue weighted by atomic mass is 127. The van der Waals surface area contributed by atoms with Gasteiger partial charge in [0.05, 0.1) is 32.6 Å². The number of hydrogen-bond donors (Lipinski definition) is 0. The topological polar surface area (TPSA) is 26.3 Å². The summed E-state index contributed by atoms with van der Waals surface area (Å²) in [7, 11) is 4.50. The molecule has 3 rings (SSSR count). The van der Waals surface area contributed by atoms with Crippen molar-refractivity contribution in [1.82, 2.24) is 0 Å². The minimum absolute atomic E-state index is 0. The van der Waals surface area contributed by atoms with Crippen LogP contribution in [0.3, 0.4) is 0 Å². The summed E-state index contributed by atoms with van der Waals surface area (Å²) in [5.74, 6) is 0.361. The lowest BCUT2D eigenvalue weighted by Gasteiger charge is -2.39. The molecule has 0 bridgehead atoms. The van der Waals surface area contributed by atoms with Crippen molar-refractivity contribution in [3.8, 4) is 0 Å². The molecule has 26 heavy (non-hydrogen) atoms. The van der Waals surface area contributed by atoms with Gasteiger partial charge in [0.1, 0.15) is 6.10 Å². The zero-order valence-electron chi connectivity index (χ0n) is 16.1. The molecule has 1 atom stereocenters. The highest BCUT2D eigenvalue weighted by Gasteiger charge is 2.46. The van der Waals surface area contributed by atoms with Crippen LogP contribution >= 0.6 is 15.9 Å². The lowest BCUT2D eigenvalue weighted by Crippen LogP contribution is -3.00. The van der Waals surface area contributed by atoms with Gasteiger partial charge in [-0.15, -0.1) is 0 Å². The molecule has 1 aliphatic heterocycles. The molecule has 5 heteroatoms. The number of rotatable bonds is 4. The first-order valence-electron chi connectivity index (χ1n) is 9.60. The molecule has 1 aromatic carbocycles. The fourth-order valence-corrected chi connectivity index (χ4v) is 4.87. The largest absolute Gasteiger partial charge is 1.00 e. The average molecular weight is 536 g/mol. The standard InChI is InChI=1S/C21H31BrNO2.HI/c1-21(16-7-4-5-8-16,17-9-6-10-18(22)15-17)20(24)25-19-11-13-23(2,3)14-12-19;/h6,9-10,15-16,19H,4-5,7-8,11-14H2,1-3H3;1H/q+1;/p-1. The molecule has 1 saturated carbocycles. The molecule has 0 amide bonds. The Kier molecular flexibility index (Phi) is 7.59. The smallest absolute Gasteiger partial charge is 0.316 e. The second kappa shape index (κ2) is 8.91. The third kappa shape index (κ3) is 4.82. The molecule has 2 aliphatic rings. The van der Waals surface area contributed by atoms with Crippen LogP contribution in [0.5, 0.6) is 0 Å². The number of hydrogen-bond acceptors (Lipinski definition) is 2. The highest BCUT2D eigenvalue weighted by Crippen LogP contribution is 2.44. The van der Waals surface area contributed by atoms with Crippen molar-refractivity contribution in [1.29, 1.82) is 0 Å². The van der Waals surface area contributed by atoms with E-state index < -0.39 is 5.41 Å². The number of ether oxygens (including phenoxy) is 1. The Bertz CT molecular complexity index is 620. The summed E-state index contributed by atoms with van der Waals surface area (Å²) in [6, 6.07) is 8.23. The highest BCUT2D eigenvalue weighted by molar-refractivity contribution is 9.10. The average Bonchev–Trinajstić information content (AvgIpc) is 3.11. The molecule has 1 aromatic rings. The van der Waals surface area contributed by atoms with E-state index in [0.29, 0.717) is 5.92 Å². The quantitative estimate of drug-likeness (QED) is 0.333. The van der Waals surface area contributed by atoms with Crippen LogP contribution in [-0.2, 0) is 14.9 Å². The Morgan fingerprint density at radius 1 is 1.15 bits per heavy atom. The van der Waals surface area contributed by atoms with E-state index in [4.69, 9.17) is 4.74 Å². The van der Waals surface area contributed by atoms with Gasteiger partial charge < -0.3 is 33.2 Å². The lowest BCUT2D eigenvalue weighted by molar-refractivity contribution is -0.896. The number of halogens is 2. The first kappa shape index (κ1) is 22.2. The summed E-state index contributed by atoms with van der Waals surface area (Å²) in [6.45, 7) is 4.26. The van der Waals surface area contributed by atoms with Crippen molar-refractivity contribution in [3.05, 3.63) is 34.3 Å². The van der Waals surface area contributed by atoms with Gasteiger partial charge in [0.25, 0.3) is 0 Å². The Labute approximate surface area is 183 Å². The molecular weight excluding hydrogens is 505 g/mol. The summed E-state index contributed by atoms with van der Waals surface area (Å²) < 4.78 is 8.15. The fourth-order valence-electron chi connectivity index (χ4n) is 4.47. The van der Waals surface area contributed by atoms with E-state index >= 15 is 0 Å². The Hall–Kier alpha value is -0.140. The van der Waals surface area contributed by atoms with Gasteiger partial charge >= 0.3 is 5.97 Å². The zero-order chi connectivity index (χ0) is 18.1. The summed E-state index contributed by atoms with van der Waals surface area (Å²) in [4.78, 5) is 13.4. The van der Waals surface area contributed by atoms with Crippen LogP contribution in [-0.4, -0.2) is 43.7 Å². The number of benzene rings is 1. The molecule has 1 saturated heterocycles. The number of nitrogens with zero attached hydrogens (tertiary/aromatic N) is 1. The number of carbonyl (C=O) groups is 1. The van der Waals surface area contributed by atoms with E-state index in [0.717, 1.165) is 53.3 Å². The summed E-state index contributed by atoms with van der Waals surface area (Å²) >= 11 is 3.57. The van der Waals surface area contributed by atoms with Gasteiger partial charge in [-0.2, -0.15) is 0 Å². The maximum Gasteiger partial charge on any atom is 0.316 e. The minimum Gasteiger partial charge on any atom is -1.00 e. The molecule has 3 nitrogen and oxygen atoms in total. The summed E-state index contributed by atoms with van der Waals surface area (Å²) in [5.41, 5.74) is 0.549. The molecule has 1 aliphatic carbocycles. The predicted molar refractivity (Wildman–Crippen MR) is 104 cm³/mol. The normalized spacial score (nSPS) is 23.1. The molecule has 1 unspecified atom stereocenters. The van der Waals surface area contributed by atoms with Crippen LogP contribution in [0.15, 0.2) is 28.7 Å². The molecule has 1 heterocycles. The van der Waals surface area contributed by atoms with Crippen molar-refractivity contribution < 1.29 is 38.0 Å². The van der Waals surface area contributed by atoms with Gasteiger partial charge in [0.2, 0.25) is 0 Å². The predicted octanol–water partition coefficient (Wildman–Crippen LogP) is 1.68. The third-order valence-electron chi connectivity index (χ3n) is 6.41. The van der Waals surface area contributed by atoms with Crippen molar-refractivity contribution in [2.24, 2.45) is 5.92 Å². The van der Waals surface area contributed by atoms with Crippen LogP contribution in [0, 0.1) is 5.92 Å². The van der Waals surface area contributed by atoms with Crippen LogP contribution in [0.25, 0.3) is 0 Å². The number of piperidine rings is 1. The van der Waals surface area contributed by atoms with Gasteiger partial charge in [-0.25, -0.2) is 0 Å². The third-order valence-corrected chi connectivity index (χ3v) is 6.90. The van der Waals surface area contributed by atoms with Gasteiger partial charge in [0.15, 0.2) is 0 Å². The van der Waals surface area contributed by atoms with Crippen molar-refractivity contribution in [2.45, 2.75) is 57.0 Å². The summed E-state index contributed by atoms with van der Waals surface area (Å²) in [6.07, 6.45) is 6.69. The van der Waals surface area contributed by atoms with Crippen LogP contribution < -0.4 is 24.0 Å². The van der Waals surface area contributed by atoms with Crippen molar-refractivity contribution >= 4 is 21.9 Å². The Morgan fingerprint density at radius 3 is 2.35 bits per heavy atom. The molecular formula is C21H31BrINO2. The van der Waals surface area contributed by atoms with Crippen molar-refractivity contribution in [3.63, 3.8) is 0 Å². The molecule has 2 fully saturated rings. The molecule has 0 N–H and O–H groups in total. The minimum atomic E-state index is -0.540. The summed E-state index contributed by atoms with van der Waals surface area (Å²) in [5, 5.41) is 0. The fraction of sp³-hybridized carbons (Fsp3) is 0.667. The zero-order valence-corrected chi connectivity index (χ0v) is 19.9. The van der Waals surface area contributed by atoms with Gasteiger partial charge in [-0.3, -0.25) is 4.79 Å². The maximum atomic E-state index is 13.4. The van der Waals surface area contributed by atoms with E-state index in [1.54, 1.807) is 0 Å². The SMILES string of the molecule is CC(C(=O)OC1CC[N+](C)(C)CC1)(c1cccc(Br)c1)C1CCCC1.[I-]. The Morgan fingerprint density at radius 2 is 1.77 bits per heavy atom. The monoisotopic (exact) mass is 535 g/mol. The van der Waals surface area contributed by atoms with Crippen LogP contribution in [0.2, 0.25) is 0 Å². The molecule has 0 aromatic heterocycles. The first-order chi connectivity index (χ1) is 11.8. The number of quaternary nitrogens is 1. The first-order valence-corrected chi connectivity index (χ1v) is 10.4.